The standard InChI is InChI=1S/C57H98O12S/c1-3-5-7-9-11-13-15-17-19-21-23-24-25-26-27-28-29-30-32-34-36-38-40-42-44-46-53(59)67-51(50-66-57-55(61)56(69-70(62,63)64)54(60)52(48-58)68-57)49-65-47-45-43-41-39-37-35-33-31-22-20-18-16-14-12-10-8-6-4-2/h6,8,12,14-15,17-18,20-21,23,31,33,37,39,51-52,54-58,60-61H,3-5,7,9-11,13,16,19,22,24-30,32,34-36,38,40-50H2,1-2H3,(H,62,63,64)/b8-6-,14-12-,17-15-,20-18-,23-21-,33-31-,39-37-. The van der Waals surface area contributed by atoms with E-state index in [1.165, 1.54) is 103 Å². The van der Waals surface area contributed by atoms with Gasteiger partial charge in [-0.2, -0.15) is 8.42 Å². The van der Waals surface area contributed by atoms with Crippen LogP contribution in [0, 0.1) is 0 Å². The van der Waals surface area contributed by atoms with Crippen molar-refractivity contribution in [1.82, 2.24) is 0 Å². The van der Waals surface area contributed by atoms with Crippen LogP contribution in [0.3, 0.4) is 0 Å². The maximum absolute atomic E-state index is 12.9. The Labute approximate surface area is 425 Å². The second-order valence-corrected chi connectivity index (χ2v) is 19.5. The van der Waals surface area contributed by atoms with Crippen LogP contribution in [-0.2, 0) is 38.3 Å². The third kappa shape index (κ3) is 39.8. The van der Waals surface area contributed by atoms with Gasteiger partial charge in [-0.05, 0) is 89.9 Å². The van der Waals surface area contributed by atoms with E-state index in [1.807, 2.05) is 0 Å². The molecule has 1 saturated heterocycles. The fraction of sp³-hybridized carbons (Fsp3) is 0.737. The molecule has 12 nitrogen and oxygen atoms in total. The predicted octanol–water partition coefficient (Wildman–Crippen LogP) is 13.2. The third-order valence-electron chi connectivity index (χ3n) is 12.0. The van der Waals surface area contributed by atoms with Gasteiger partial charge in [0.25, 0.3) is 0 Å². The molecular weight excluding hydrogens is 909 g/mol. The minimum atomic E-state index is -5.08. The smallest absolute Gasteiger partial charge is 0.397 e. The molecule has 1 aliphatic rings. The summed E-state index contributed by atoms with van der Waals surface area (Å²) in [5.41, 5.74) is 0. The summed E-state index contributed by atoms with van der Waals surface area (Å²) in [6.45, 7) is 3.77. The molecule has 1 heterocycles. The molecule has 0 bridgehead atoms. The highest BCUT2D eigenvalue weighted by Crippen LogP contribution is 2.26. The van der Waals surface area contributed by atoms with E-state index in [-0.39, 0.29) is 19.6 Å². The molecule has 4 N–H and O–H groups in total. The van der Waals surface area contributed by atoms with Crippen molar-refractivity contribution in [3.8, 4) is 0 Å². The van der Waals surface area contributed by atoms with Gasteiger partial charge < -0.3 is 34.3 Å². The highest BCUT2D eigenvalue weighted by molar-refractivity contribution is 7.80. The van der Waals surface area contributed by atoms with Crippen molar-refractivity contribution in [2.45, 2.75) is 243 Å². The zero-order chi connectivity index (χ0) is 51.0. The molecule has 404 valence electrons. The molecule has 0 aromatic carbocycles. The molecule has 13 heteroatoms. The van der Waals surface area contributed by atoms with E-state index in [9.17, 15) is 33.1 Å². The summed E-state index contributed by atoms with van der Waals surface area (Å²) in [6, 6.07) is 0. The van der Waals surface area contributed by atoms with Crippen molar-refractivity contribution >= 4 is 16.4 Å². The lowest BCUT2D eigenvalue weighted by atomic mass is 9.99. The molecule has 0 aliphatic carbocycles. The molecule has 1 aliphatic heterocycles. The average molecular weight is 1010 g/mol. The van der Waals surface area contributed by atoms with Gasteiger partial charge in [-0.25, -0.2) is 4.18 Å². The van der Waals surface area contributed by atoms with Crippen LogP contribution in [0.2, 0.25) is 0 Å². The molecule has 1 fully saturated rings. The minimum Gasteiger partial charge on any atom is -0.457 e. The van der Waals surface area contributed by atoms with Crippen LogP contribution in [-0.4, -0.2) is 97.5 Å². The van der Waals surface area contributed by atoms with Gasteiger partial charge in [-0.3, -0.25) is 9.35 Å². The van der Waals surface area contributed by atoms with Crippen LogP contribution in [0.15, 0.2) is 85.1 Å². The number of ether oxygens (including phenoxy) is 4. The van der Waals surface area contributed by atoms with Gasteiger partial charge in [0.15, 0.2) is 6.29 Å². The van der Waals surface area contributed by atoms with E-state index in [0.717, 1.165) is 77.0 Å². The Bertz CT molecular complexity index is 1540. The quantitative estimate of drug-likeness (QED) is 0.0197. The lowest BCUT2D eigenvalue weighted by Gasteiger charge is -2.41. The maximum atomic E-state index is 12.9. The third-order valence-corrected chi connectivity index (χ3v) is 12.5. The monoisotopic (exact) mass is 1010 g/mol. The van der Waals surface area contributed by atoms with Crippen molar-refractivity contribution < 1.29 is 56.2 Å². The summed E-state index contributed by atoms with van der Waals surface area (Å²) in [7, 11) is -5.08. The summed E-state index contributed by atoms with van der Waals surface area (Å²) in [5, 5.41) is 30.8. The van der Waals surface area contributed by atoms with Crippen LogP contribution >= 0.6 is 0 Å². The van der Waals surface area contributed by atoms with Crippen molar-refractivity contribution in [1.29, 1.82) is 0 Å². The Morgan fingerprint density at radius 2 is 0.986 bits per heavy atom. The Morgan fingerprint density at radius 1 is 0.557 bits per heavy atom. The molecule has 6 unspecified atom stereocenters. The van der Waals surface area contributed by atoms with Gasteiger partial charge in [0.2, 0.25) is 0 Å². The number of allylic oxidation sites excluding steroid dienone is 14. The number of unbranched alkanes of at least 4 members (excludes halogenated alkanes) is 20. The number of rotatable bonds is 47. The van der Waals surface area contributed by atoms with Gasteiger partial charge in [0.1, 0.15) is 30.5 Å². The van der Waals surface area contributed by atoms with Gasteiger partial charge in [-0.15, -0.1) is 0 Å². The van der Waals surface area contributed by atoms with Gasteiger partial charge in [0.05, 0.1) is 19.8 Å². The fourth-order valence-electron chi connectivity index (χ4n) is 7.91. The highest BCUT2D eigenvalue weighted by Gasteiger charge is 2.48. The summed E-state index contributed by atoms with van der Waals surface area (Å²) < 4.78 is 59.3. The zero-order valence-electron chi connectivity index (χ0n) is 43.6. The lowest BCUT2D eigenvalue weighted by molar-refractivity contribution is -0.301. The number of carbonyl (C=O) groups is 1. The van der Waals surface area contributed by atoms with E-state index in [2.05, 4.69) is 103 Å². The number of carbonyl (C=O) groups excluding carboxylic acids is 1. The average Bonchev–Trinajstić information content (AvgIpc) is 3.34. The van der Waals surface area contributed by atoms with Gasteiger partial charge in [0, 0.05) is 13.0 Å². The van der Waals surface area contributed by atoms with Crippen LogP contribution in [0.25, 0.3) is 0 Å². The molecule has 6 atom stereocenters. The first-order valence-corrected chi connectivity index (χ1v) is 28.7. The Balaban J connectivity index is 2.34. The largest absolute Gasteiger partial charge is 0.457 e. The Hall–Kier alpha value is -2.72. The molecule has 0 aromatic rings. The number of aliphatic hydroxyl groups excluding tert-OH is 3. The molecule has 0 saturated carbocycles. The van der Waals surface area contributed by atoms with Crippen molar-refractivity contribution in [3.63, 3.8) is 0 Å². The first-order chi connectivity index (χ1) is 34.1. The number of aliphatic hydroxyl groups is 3. The fourth-order valence-corrected chi connectivity index (χ4v) is 8.41. The summed E-state index contributed by atoms with van der Waals surface area (Å²) in [5.74, 6) is -0.417. The first-order valence-electron chi connectivity index (χ1n) is 27.3. The minimum absolute atomic E-state index is 0.00245. The van der Waals surface area contributed by atoms with E-state index in [0.29, 0.717) is 13.0 Å². The van der Waals surface area contributed by atoms with E-state index in [1.54, 1.807) is 0 Å². The van der Waals surface area contributed by atoms with Gasteiger partial charge in [-0.1, -0.05) is 195 Å². The van der Waals surface area contributed by atoms with Crippen LogP contribution in [0.1, 0.15) is 206 Å². The van der Waals surface area contributed by atoms with Gasteiger partial charge >= 0.3 is 16.4 Å². The number of hydrogen-bond acceptors (Lipinski definition) is 11. The summed E-state index contributed by atoms with van der Waals surface area (Å²) in [4.78, 5) is 12.9. The second kappa shape index (κ2) is 47.3. The topological polar surface area (TPSA) is 178 Å². The predicted molar refractivity (Wildman–Crippen MR) is 285 cm³/mol. The first kappa shape index (κ1) is 65.3. The Kier molecular flexibility index (Phi) is 44.1. The lowest BCUT2D eigenvalue weighted by Crippen LogP contribution is -2.60. The highest BCUT2D eigenvalue weighted by atomic mass is 32.3. The van der Waals surface area contributed by atoms with E-state index in [4.69, 9.17) is 18.9 Å². The molecule has 0 spiro atoms. The normalized spacial score (nSPS) is 19.8. The summed E-state index contributed by atoms with van der Waals surface area (Å²) >= 11 is 0. The van der Waals surface area contributed by atoms with Crippen molar-refractivity contribution in [3.05, 3.63) is 85.1 Å². The molecule has 0 amide bonds. The molecule has 0 aromatic heterocycles. The van der Waals surface area contributed by atoms with Crippen LogP contribution in [0.5, 0.6) is 0 Å². The maximum Gasteiger partial charge on any atom is 0.397 e. The van der Waals surface area contributed by atoms with Crippen molar-refractivity contribution in [2.24, 2.45) is 0 Å². The van der Waals surface area contributed by atoms with Crippen molar-refractivity contribution in [2.75, 3.05) is 26.4 Å². The molecule has 0 radical (unpaired) electrons. The second-order valence-electron chi connectivity index (χ2n) is 18.4. The van der Waals surface area contributed by atoms with E-state index >= 15 is 0 Å². The molecule has 1 rings (SSSR count). The number of esters is 1. The SMILES string of the molecule is CC/C=C\C/C=C\C/C=C\C/C=C\C/C=C\CCCCOCC(COC1OC(CO)C(O)C(OS(=O)(=O)O)C1O)OC(=O)CCCCCCCCCCCCCCC/C=C\C/C=C\CCCCCCC. The summed E-state index contributed by atoms with van der Waals surface area (Å²) in [6.07, 6.45) is 54.8. The Morgan fingerprint density at radius 3 is 1.44 bits per heavy atom. The van der Waals surface area contributed by atoms with Crippen LogP contribution in [0.4, 0.5) is 0 Å². The molecule has 70 heavy (non-hydrogen) atoms. The zero-order valence-corrected chi connectivity index (χ0v) is 44.4. The number of hydrogen-bond donors (Lipinski definition) is 4. The van der Waals surface area contributed by atoms with E-state index < -0.39 is 59.8 Å². The van der Waals surface area contributed by atoms with Crippen LogP contribution < -0.4 is 0 Å². The molecular formula is C57H98O12S.